The standard InChI is InChI=1S/C22H27NOS/c1-3-19(18-10-5-4-6-11-18)22(24)23-14-13-21(25-16-15-23)20-12-8-7-9-17(20)2/h4-12,19,21H,3,13-16H2,1-2H3. The fourth-order valence-corrected chi connectivity index (χ4v) is 4.97. The van der Waals surface area contributed by atoms with Crippen molar-refractivity contribution in [1.82, 2.24) is 4.90 Å². The van der Waals surface area contributed by atoms with Crippen LogP contribution in [0.5, 0.6) is 0 Å². The molecule has 0 aromatic heterocycles. The van der Waals surface area contributed by atoms with E-state index in [0.717, 1.165) is 37.2 Å². The summed E-state index contributed by atoms with van der Waals surface area (Å²) in [5, 5.41) is 0.496. The first-order valence-corrected chi connectivity index (χ1v) is 10.3. The van der Waals surface area contributed by atoms with Gasteiger partial charge in [0.1, 0.15) is 0 Å². The minimum atomic E-state index is -0.0128. The zero-order chi connectivity index (χ0) is 17.6. The van der Waals surface area contributed by atoms with Crippen LogP contribution in [0.3, 0.4) is 0 Å². The van der Waals surface area contributed by atoms with E-state index in [9.17, 15) is 4.79 Å². The summed E-state index contributed by atoms with van der Waals surface area (Å²) in [6.45, 7) is 6.01. The summed E-state index contributed by atoms with van der Waals surface area (Å²) >= 11 is 1.99. The monoisotopic (exact) mass is 353 g/mol. The quantitative estimate of drug-likeness (QED) is 0.753. The second-order valence-corrected chi connectivity index (χ2v) is 8.01. The van der Waals surface area contributed by atoms with Gasteiger partial charge in [0.25, 0.3) is 0 Å². The molecular weight excluding hydrogens is 326 g/mol. The molecule has 2 nitrogen and oxygen atoms in total. The number of hydrogen-bond acceptors (Lipinski definition) is 2. The van der Waals surface area contributed by atoms with Crippen LogP contribution in [0.25, 0.3) is 0 Å². The summed E-state index contributed by atoms with van der Waals surface area (Å²) in [4.78, 5) is 15.2. The van der Waals surface area contributed by atoms with E-state index in [1.165, 1.54) is 11.1 Å². The van der Waals surface area contributed by atoms with Crippen molar-refractivity contribution in [2.45, 2.75) is 37.9 Å². The van der Waals surface area contributed by atoms with E-state index in [1.54, 1.807) is 0 Å². The number of carbonyl (C=O) groups excluding carboxylic acids is 1. The highest BCUT2D eigenvalue weighted by Gasteiger charge is 2.27. The van der Waals surface area contributed by atoms with Gasteiger partial charge in [-0.1, -0.05) is 61.5 Å². The van der Waals surface area contributed by atoms with Crippen LogP contribution in [0.15, 0.2) is 54.6 Å². The molecule has 1 aliphatic heterocycles. The summed E-state index contributed by atoms with van der Waals surface area (Å²) in [5.74, 6) is 1.29. The minimum Gasteiger partial charge on any atom is -0.341 e. The molecule has 0 aliphatic carbocycles. The summed E-state index contributed by atoms with van der Waals surface area (Å²) in [7, 11) is 0. The Morgan fingerprint density at radius 2 is 1.84 bits per heavy atom. The lowest BCUT2D eigenvalue weighted by molar-refractivity contribution is -0.132. The largest absolute Gasteiger partial charge is 0.341 e. The van der Waals surface area contributed by atoms with Gasteiger partial charge in [0, 0.05) is 24.1 Å². The van der Waals surface area contributed by atoms with E-state index >= 15 is 0 Å². The molecule has 1 heterocycles. The third-order valence-corrected chi connectivity index (χ3v) is 6.41. The predicted molar refractivity (Wildman–Crippen MR) is 107 cm³/mol. The van der Waals surface area contributed by atoms with Crippen LogP contribution >= 0.6 is 11.8 Å². The maximum absolute atomic E-state index is 13.1. The highest BCUT2D eigenvalue weighted by atomic mass is 32.2. The molecule has 1 saturated heterocycles. The van der Waals surface area contributed by atoms with Gasteiger partial charge in [-0.3, -0.25) is 4.79 Å². The highest BCUT2D eigenvalue weighted by Crippen LogP contribution is 2.36. The Labute approximate surface area is 155 Å². The summed E-state index contributed by atoms with van der Waals surface area (Å²) in [6, 6.07) is 18.9. The molecule has 0 radical (unpaired) electrons. The number of amides is 1. The van der Waals surface area contributed by atoms with Gasteiger partial charge < -0.3 is 4.90 Å². The molecule has 2 aromatic carbocycles. The van der Waals surface area contributed by atoms with E-state index < -0.39 is 0 Å². The number of thioether (sulfide) groups is 1. The molecule has 0 spiro atoms. The van der Waals surface area contributed by atoms with Crippen molar-refractivity contribution in [3.8, 4) is 0 Å². The van der Waals surface area contributed by atoms with Crippen molar-refractivity contribution in [3.05, 3.63) is 71.3 Å². The molecule has 1 amide bonds. The first-order valence-electron chi connectivity index (χ1n) is 9.21. The molecule has 25 heavy (non-hydrogen) atoms. The number of nitrogens with zero attached hydrogens (tertiary/aromatic N) is 1. The van der Waals surface area contributed by atoms with Gasteiger partial charge in [-0.25, -0.2) is 0 Å². The molecule has 0 N–H and O–H groups in total. The zero-order valence-electron chi connectivity index (χ0n) is 15.2. The van der Waals surface area contributed by atoms with Crippen LogP contribution in [-0.4, -0.2) is 29.6 Å². The number of carbonyl (C=O) groups is 1. The summed E-state index contributed by atoms with van der Waals surface area (Å²) in [5.41, 5.74) is 3.93. The number of hydrogen-bond donors (Lipinski definition) is 0. The summed E-state index contributed by atoms with van der Waals surface area (Å²) < 4.78 is 0. The molecule has 132 valence electrons. The minimum absolute atomic E-state index is 0.0128. The van der Waals surface area contributed by atoms with Gasteiger partial charge in [-0.05, 0) is 36.5 Å². The molecule has 1 fully saturated rings. The predicted octanol–water partition coefficient (Wildman–Crippen LogP) is 5.20. The maximum Gasteiger partial charge on any atom is 0.230 e. The molecule has 2 atom stereocenters. The third-order valence-electron chi connectivity index (χ3n) is 5.10. The Morgan fingerprint density at radius 1 is 1.12 bits per heavy atom. The van der Waals surface area contributed by atoms with E-state index in [1.807, 2.05) is 30.0 Å². The van der Waals surface area contributed by atoms with Gasteiger partial charge in [-0.15, -0.1) is 0 Å². The van der Waals surface area contributed by atoms with Gasteiger partial charge in [0.15, 0.2) is 0 Å². The fourth-order valence-electron chi connectivity index (χ4n) is 3.65. The van der Waals surface area contributed by atoms with Crippen molar-refractivity contribution in [2.24, 2.45) is 0 Å². The lowest BCUT2D eigenvalue weighted by Crippen LogP contribution is -2.36. The number of rotatable bonds is 4. The first-order chi connectivity index (χ1) is 12.2. The lowest BCUT2D eigenvalue weighted by atomic mass is 9.94. The normalized spacial score (nSPS) is 19.3. The average molecular weight is 354 g/mol. The Morgan fingerprint density at radius 3 is 2.56 bits per heavy atom. The molecule has 2 unspecified atom stereocenters. The lowest BCUT2D eigenvalue weighted by Gasteiger charge is -2.26. The van der Waals surface area contributed by atoms with E-state index in [4.69, 9.17) is 0 Å². The topological polar surface area (TPSA) is 20.3 Å². The molecule has 0 saturated carbocycles. The smallest absolute Gasteiger partial charge is 0.230 e. The SMILES string of the molecule is CCC(C(=O)N1CCSC(c2ccccc2C)CC1)c1ccccc1. The number of aryl methyl sites for hydroxylation is 1. The van der Waals surface area contributed by atoms with Gasteiger partial charge in [0.05, 0.1) is 5.92 Å². The third kappa shape index (κ3) is 4.27. The Kier molecular flexibility index (Phi) is 6.19. The van der Waals surface area contributed by atoms with Crippen LogP contribution in [0.4, 0.5) is 0 Å². The second kappa shape index (κ2) is 8.57. The molecule has 3 heteroatoms. The van der Waals surface area contributed by atoms with Gasteiger partial charge in [0.2, 0.25) is 5.91 Å². The molecule has 3 rings (SSSR count). The molecule has 1 aliphatic rings. The molecular formula is C22H27NOS. The van der Waals surface area contributed by atoms with E-state index in [0.29, 0.717) is 11.2 Å². The van der Waals surface area contributed by atoms with Gasteiger partial charge in [-0.2, -0.15) is 11.8 Å². The zero-order valence-corrected chi connectivity index (χ0v) is 16.0. The molecule has 0 bridgehead atoms. The van der Waals surface area contributed by atoms with Crippen molar-refractivity contribution < 1.29 is 4.79 Å². The average Bonchev–Trinajstić information content (AvgIpc) is 2.90. The Bertz CT molecular complexity index is 700. The Balaban J connectivity index is 1.70. The van der Waals surface area contributed by atoms with Crippen LogP contribution in [0.1, 0.15) is 47.6 Å². The number of benzene rings is 2. The van der Waals surface area contributed by atoms with E-state index in [2.05, 4.69) is 55.1 Å². The van der Waals surface area contributed by atoms with Crippen molar-refractivity contribution in [3.63, 3.8) is 0 Å². The Hall–Kier alpha value is -1.74. The molecule has 2 aromatic rings. The fraction of sp³-hybridized carbons (Fsp3) is 0.409. The van der Waals surface area contributed by atoms with Crippen LogP contribution in [-0.2, 0) is 4.79 Å². The van der Waals surface area contributed by atoms with Crippen LogP contribution < -0.4 is 0 Å². The van der Waals surface area contributed by atoms with E-state index in [-0.39, 0.29) is 5.92 Å². The second-order valence-electron chi connectivity index (χ2n) is 6.70. The van der Waals surface area contributed by atoms with Crippen LogP contribution in [0.2, 0.25) is 0 Å². The highest BCUT2D eigenvalue weighted by molar-refractivity contribution is 7.99. The summed E-state index contributed by atoms with van der Waals surface area (Å²) in [6.07, 6.45) is 1.89. The van der Waals surface area contributed by atoms with Crippen molar-refractivity contribution in [2.75, 3.05) is 18.8 Å². The van der Waals surface area contributed by atoms with Gasteiger partial charge >= 0.3 is 0 Å². The van der Waals surface area contributed by atoms with Crippen molar-refractivity contribution in [1.29, 1.82) is 0 Å². The van der Waals surface area contributed by atoms with Crippen molar-refractivity contribution >= 4 is 17.7 Å². The maximum atomic E-state index is 13.1. The van der Waals surface area contributed by atoms with Crippen LogP contribution in [0, 0.1) is 6.92 Å². The first kappa shape index (κ1) is 18.1.